The molecule has 105 heavy (non-hydrogen) atoms. The fraction of sp³-hybridized carbons (Fsp3) is 0.0145. The Labute approximate surface area is 577 Å². The van der Waals surface area contributed by atoms with Gasteiger partial charge in [0.15, 0.2) is 46.5 Å². The van der Waals surface area contributed by atoms with Crippen LogP contribution in [0.4, 0.5) is 70.2 Å². The molecule has 538 valence electrons. The summed E-state index contributed by atoms with van der Waals surface area (Å²) in [7, 11) is -20.7. The largest absolute Gasteiger partial charge is 0.451 e. The molecule has 12 aromatic rings. The first-order valence-electron chi connectivity index (χ1n) is 28.9. The van der Waals surface area contributed by atoms with Crippen molar-refractivity contribution in [2.24, 2.45) is 0 Å². The van der Waals surface area contributed by atoms with Crippen LogP contribution in [0.2, 0.25) is 0 Å². The van der Waals surface area contributed by atoms with Gasteiger partial charge in [0.05, 0.1) is 47.3 Å². The molecule has 0 atom stereocenters. The molecule has 0 saturated heterocycles. The SMILES string of the molecule is O=S(=O)(O)c1ccc2c(Oc3c(F)c(F)c(-c4c(F)c(F)c(Oc5ccc(C6(c7ccc(Oc8c(F)c(F)c(-c9c(F)c(F)c(Oc%10cc(S(=O)(=O)O)cc%11cc(S(=O)(=O)O)ccc%10%11)c(F)c9F)c(F)c8F)cc7)c7ccccc7-c7ccccc76)cc5)c(F)c4F)c(F)c3F)cc(S(=O)(=O)O)cc2c1. The average Bonchev–Trinajstić information content (AvgIpc) is 1.56. The summed E-state index contributed by atoms with van der Waals surface area (Å²) >= 11 is 0. The highest BCUT2D eigenvalue weighted by atomic mass is 32.2. The second-order valence-corrected chi connectivity index (χ2v) is 28.3. The zero-order chi connectivity index (χ0) is 76.0. The monoisotopic (exact) mass is 1550 g/mol. The first-order valence-corrected chi connectivity index (χ1v) is 34.6. The molecule has 0 unspecified atom stereocenters. The fourth-order valence-electron chi connectivity index (χ4n) is 12.1. The minimum Gasteiger partial charge on any atom is -0.451 e. The van der Waals surface area contributed by atoms with E-state index < -0.39 is 248 Å². The molecule has 0 fully saturated rings. The summed E-state index contributed by atoms with van der Waals surface area (Å²) in [6.07, 6.45) is 0. The molecule has 0 aliphatic heterocycles. The molecular formula is C69H30F16O16S4. The van der Waals surface area contributed by atoms with Gasteiger partial charge in [0, 0.05) is 22.9 Å². The summed E-state index contributed by atoms with van der Waals surface area (Å²) in [6.45, 7) is 0. The molecule has 13 rings (SSSR count). The summed E-state index contributed by atoms with van der Waals surface area (Å²) < 4.78 is 411. The number of hydrogen-bond donors (Lipinski definition) is 4. The summed E-state index contributed by atoms with van der Waals surface area (Å²) in [5.41, 5.74) is -8.66. The summed E-state index contributed by atoms with van der Waals surface area (Å²) in [4.78, 5) is -4.18. The van der Waals surface area contributed by atoms with Gasteiger partial charge in [-0.25, -0.2) is 35.1 Å². The van der Waals surface area contributed by atoms with Crippen molar-refractivity contribution in [3.63, 3.8) is 0 Å². The van der Waals surface area contributed by atoms with Gasteiger partial charge in [-0.15, -0.1) is 0 Å². The van der Waals surface area contributed by atoms with Gasteiger partial charge in [-0.05, 0) is 117 Å². The second kappa shape index (κ2) is 25.6. The van der Waals surface area contributed by atoms with Crippen LogP contribution in [0.3, 0.4) is 0 Å². The lowest BCUT2D eigenvalue weighted by molar-refractivity contribution is 0.361. The van der Waals surface area contributed by atoms with Crippen LogP contribution in [0.25, 0.3) is 54.9 Å². The van der Waals surface area contributed by atoms with Gasteiger partial charge in [0.25, 0.3) is 40.5 Å². The van der Waals surface area contributed by atoms with Crippen LogP contribution in [-0.4, -0.2) is 51.9 Å². The van der Waals surface area contributed by atoms with E-state index in [4.69, 9.17) is 18.9 Å². The van der Waals surface area contributed by atoms with Crippen LogP contribution in [0.1, 0.15) is 22.3 Å². The zero-order valence-corrected chi connectivity index (χ0v) is 54.1. The molecule has 1 aliphatic carbocycles. The van der Waals surface area contributed by atoms with E-state index in [1.54, 1.807) is 48.5 Å². The average molecular weight is 1550 g/mol. The van der Waals surface area contributed by atoms with E-state index in [1.165, 1.54) is 24.3 Å². The summed E-state index contributed by atoms with van der Waals surface area (Å²) in [6, 6.07) is 28.0. The lowest BCUT2D eigenvalue weighted by Crippen LogP contribution is -2.28. The predicted octanol–water partition coefficient (Wildman–Crippen LogP) is 18.1. The standard InChI is InChI=1S/C69H30F16O16S4/c70-49-45(47-53(74)61(82)67(62(83)54(47)75)100-43-25-35(104(92,93)94)23-27-21-33(102(86,87)88)17-19-37(27)43)50(71)58(79)65(57(49)78)98-31-13-9-29(10-14-31)69(41-7-3-1-5-39(41)40-6-2-4-8-42(40)69)30-11-15-32(16-12-30)99-66-59(80)51(72)46(52(73)60(66)81)48-55(76)63(84)68(64(85)56(48)77)101-44-26-36(105(95,96)97)24-28-22-34(103(89,90)91)18-20-38(28)44/h1-26H,(H,86,87,88)(H,89,90,91)(H,92,93,94)(H,95,96,97). The predicted molar refractivity (Wildman–Crippen MR) is 334 cm³/mol. The maximum absolute atomic E-state index is 16.1. The van der Waals surface area contributed by atoms with Crippen molar-refractivity contribution in [3.8, 4) is 79.4 Å². The van der Waals surface area contributed by atoms with Crippen LogP contribution in [0.15, 0.2) is 177 Å². The molecule has 1 aliphatic rings. The van der Waals surface area contributed by atoms with E-state index in [9.17, 15) is 51.9 Å². The minimum absolute atomic E-state index is 0.211. The molecule has 0 heterocycles. The molecular weight excluding hydrogens is 1520 g/mol. The zero-order valence-electron chi connectivity index (χ0n) is 50.9. The van der Waals surface area contributed by atoms with E-state index in [0.717, 1.165) is 36.4 Å². The Morgan fingerprint density at radius 1 is 0.267 bits per heavy atom. The van der Waals surface area contributed by atoms with Crippen LogP contribution in [-0.2, 0) is 45.9 Å². The Hall–Kier alpha value is -11.1. The summed E-state index contributed by atoms with van der Waals surface area (Å²) in [5, 5.41) is -2.14. The quantitative estimate of drug-likeness (QED) is 0.0398. The van der Waals surface area contributed by atoms with Crippen molar-refractivity contribution in [2.45, 2.75) is 25.0 Å². The van der Waals surface area contributed by atoms with Gasteiger partial charge in [-0.1, -0.05) is 72.8 Å². The van der Waals surface area contributed by atoms with Crippen molar-refractivity contribution in [2.75, 3.05) is 0 Å². The highest BCUT2D eigenvalue weighted by molar-refractivity contribution is 7.86. The molecule has 0 saturated carbocycles. The van der Waals surface area contributed by atoms with Crippen LogP contribution in [0.5, 0.6) is 46.0 Å². The Bertz CT molecular complexity index is 5810. The third kappa shape index (κ3) is 12.0. The number of ether oxygens (including phenoxy) is 4. The van der Waals surface area contributed by atoms with E-state index >= 15 is 70.2 Å². The van der Waals surface area contributed by atoms with Crippen molar-refractivity contribution in [1.29, 1.82) is 0 Å². The normalized spacial score (nSPS) is 13.0. The Balaban J connectivity index is 0.814. The van der Waals surface area contributed by atoms with Crippen molar-refractivity contribution >= 4 is 62.0 Å². The molecule has 0 radical (unpaired) electrons. The maximum atomic E-state index is 16.1. The molecule has 12 aromatic carbocycles. The van der Waals surface area contributed by atoms with Crippen molar-refractivity contribution in [3.05, 3.63) is 273 Å². The van der Waals surface area contributed by atoms with Crippen LogP contribution >= 0.6 is 0 Å². The van der Waals surface area contributed by atoms with Gasteiger partial charge < -0.3 is 18.9 Å². The molecule has 16 nitrogen and oxygen atoms in total. The fourth-order valence-corrected chi connectivity index (χ4v) is 14.2. The van der Waals surface area contributed by atoms with E-state index in [2.05, 4.69) is 0 Å². The van der Waals surface area contributed by atoms with Crippen LogP contribution in [0, 0.1) is 93.1 Å². The highest BCUT2D eigenvalue weighted by Gasteiger charge is 2.47. The molecule has 0 aromatic heterocycles. The van der Waals surface area contributed by atoms with Gasteiger partial charge in [0.2, 0.25) is 69.5 Å². The number of rotatable bonds is 16. The van der Waals surface area contributed by atoms with Crippen molar-refractivity contribution in [1.82, 2.24) is 0 Å². The van der Waals surface area contributed by atoms with Gasteiger partial charge in [-0.2, -0.15) is 68.8 Å². The molecule has 4 N–H and O–H groups in total. The number of fused-ring (bicyclic) bond motifs is 5. The maximum Gasteiger partial charge on any atom is 0.294 e. The third-order valence-corrected chi connectivity index (χ3v) is 20.1. The summed E-state index contributed by atoms with van der Waals surface area (Å²) in [5.74, 6) is -54.4. The first-order chi connectivity index (χ1) is 49.2. The third-order valence-electron chi connectivity index (χ3n) is 16.7. The number of benzene rings is 12. The van der Waals surface area contributed by atoms with E-state index in [1.807, 2.05) is 0 Å². The Morgan fingerprint density at radius 2 is 0.514 bits per heavy atom. The van der Waals surface area contributed by atoms with Gasteiger partial charge in [0.1, 0.15) is 23.0 Å². The minimum atomic E-state index is -5.32. The number of hydrogen-bond acceptors (Lipinski definition) is 12. The van der Waals surface area contributed by atoms with Crippen molar-refractivity contribution < 1.29 is 141 Å². The smallest absolute Gasteiger partial charge is 0.294 e. The van der Waals surface area contributed by atoms with Crippen LogP contribution < -0.4 is 18.9 Å². The molecule has 0 amide bonds. The molecule has 0 spiro atoms. The molecule has 0 bridgehead atoms. The van der Waals surface area contributed by atoms with Gasteiger partial charge >= 0.3 is 0 Å². The van der Waals surface area contributed by atoms with Gasteiger partial charge in [-0.3, -0.25) is 18.2 Å². The lowest BCUT2D eigenvalue weighted by Gasteiger charge is -2.34. The Kier molecular flexibility index (Phi) is 17.6. The van der Waals surface area contributed by atoms with E-state index in [0.29, 0.717) is 70.8 Å². The lowest BCUT2D eigenvalue weighted by atomic mass is 9.68. The topological polar surface area (TPSA) is 254 Å². The van der Waals surface area contributed by atoms with E-state index in [-0.39, 0.29) is 11.1 Å². The first kappa shape index (κ1) is 72.2. The molecule has 36 heteroatoms. The number of halogens is 16. The second-order valence-electron chi connectivity index (χ2n) is 22.6. The highest BCUT2D eigenvalue weighted by Crippen LogP contribution is 2.57. The Morgan fingerprint density at radius 3 is 0.781 bits per heavy atom.